The van der Waals surface area contributed by atoms with E-state index in [2.05, 4.69) is 6.92 Å². The van der Waals surface area contributed by atoms with Gasteiger partial charge in [0.1, 0.15) is 5.58 Å². The highest BCUT2D eigenvalue weighted by Crippen LogP contribution is 2.41. The molecule has 3 aromatic rings. The maximum atomic E-state index is 13.8. The molecule has 0 saturated heterocycles. The quantitative estimate of drug-likeness (QED) is 0.367. The van der Waals surface area contributed by atoms with Gasteiger partial charge >= 0.3 is 0 Å². The molecule has 0 aliphatic carbocycles. The number of nitrogens with zero attached hydrogens (tertiary/aromatic N) is 1. The standard InChI is InChI=1S/C28H33NO5/c1-6-9-13-33-20-11-10-19(16-21(20)32-8-3)25-24-26(30)23-18(5)14-17(4)15-22(23)34-27(24)28(31)29(25)12-7-2/h10-11,14-16,25H,6-9,12-13H2,1-5H3. The number of rotatable bonds is 9. The number of amides is 1. The molecule has 0 saturated carbocycles. The topological polar surface area (TPSA) is 69.0 Å². The van der Waals surface area contributed by atoms with Crippen LogP contribution in [0.5, 0.6) is 11.5 Å². The van der Waals surface area contributed by atoms with Gasteiger partial charge in [-0.1, -0.05) is 32.4 Å². The Balaban J connectivity index is 1.89. The third-order valence-corrected chi connectivity index (χ3v) is 6.22. The summed E-state index contributed by atoms with van der Waals surface area (Å²) in [7, 11) is 0. The van der Waals surface area contributed by atoms with E-state index in [4.69, 9.17) is 13.9 Å². The van der Waals surface area contributed by atoms with Crippen molar-refractivity contribution in [2.24, 2.45) is 0 Å². The lowest BCUT2D eigenvalue weighted by atomic mass is 9.96. The first kappa shape index (κ1) is 23.9. The van der Waals surface area contributed by atoms with Crippen LogP contribution < -0.4 is 14.9 Å². The summed E-state index contributed by atoms with van der Waals surface area (Å²) in [5.41, 5.74) is 3.36. The molecule has 180 valence electrons. The van der Waals surface area contributed by atoms with E-state index in [1.54, 1.807) is 4.90 Å². The highest BCUT2D eigenvalue weighted by atomic mass is 16.5. The first-order valence-electron chi connectivity index (χ1n) is 12.2. The van der Waals surface area contributed by atoms with Crippen molar-refractivity contribution in [1.29, 1.82) is 0 Å². The van der Waals surface area contributed by atoms with Gasteiger partial charge in [-0.15, -0.1) is 0 Å². The number of ether oxygens (including phenoxy) is 2. The maximum Gasteiger partial charge on any atom is 0.290 e. The Labute approximate surface area is 200 Å². The lowest BCUT2D eigenvalue weighted by Crippen LogP contribution is -2.30. The summed E-state index contributed by atoms with van der Waals surface area (Å²) in [4.78, 5) is 28.9. The van der Waals surface area contributed by atoms with Crippen LogP contribution in [0.25, 0.3) is 11.0 Å². The van der Waals surface area contributed by atoms with Crippen LogP contribution in [-0.2, 0) is 0 Å². The van der Waals surface area contributed by atoms with Crippen LogP contribution in [0.1, 0.15) is 78.9 Å². The van der Waals surface area contributed by atoms with Gasteiger partial charge in [0.05, 0.1) is 30.2 Å². The third-order valence-electron chi connectivity index (χ3n) is 6.22. The van der Waals surface area contributed by atoms with E-state index in [1.807, 2.05) is 58.0 Å². The Kier molecular flexibility index (Phi) is 6.96. The number of carbonyl (C=O) groups excluding carboxylic acids is 1. The molecule has 1 unspecified atom stereocenters. The van der Waals surface area contributed by atoms with Crippen molar-refractivity contribution in [3.63, 3.8) is 0 Å². The molecule has 6 nitrogen and oxygen atoms in total. The van der Waals surface area contributed by atoms with Gasteiger partial charge in [0.25, 0.3) is 5.91 Å². The Morgan fingerprint density at radius 3 is 2.47 bits per heavy atom. The Bertz CT molecular complexity index is 1280. The monoisotopic (exact) mass is 463 g/mol. The average Bonchev–Trinajstić information content (AvgIpc) is 3.07. The Morgan fingerprint density at radius 2 is 1.76 bits per heavy atom. The summed E-state index contributed by atoms with van der Waals surface area (Å²) in [6.45, 7) is 11.5. The second-order valence-electron chi connectivity index (χ2n) is 8.87. The molecule has 0 fully saturated rings. The van der Waals surface area contributed by atoms with Crippen LogP contribution in [0.3, 0.4) is 0 Å². The number of fused-ring (bicyclic) bond motifs is 2. The fraction of sp³-hybridized carbons (Fsp3) is 0.429. The molecule has 1 aliphatic rings. The first-order valence-corrected chi connectivity index (χ1v) is 12.2. The second-order valence-corrected chi connectivity index (χ2v) is 8.87. The number of benzene rings is 2. The molecule has 1 aliphatic heterocycles. The minimum absolute atomic E-state index is 0.141. The zero-order valence-electron chi connectivity index (χ0n) is 20.7. The zero-order valence-corrected chi connectivity index (χ0v) is 20.7. The minimum Gasteiger partial charge on any atom is -0.490 e. The van der Waals surface area contributed by atoms with E-state index in [9.17, 15) is 9.59 Å². The van der Waals surface area contributed by atoms with Gasteiger partial charge in [-0.3, -0.25) is 9.59 Å². The minimum atomic E-state index is -0.535. The van der Waals surface area contributed by atoms with E-state index in [0.29, 0.717) is 47.8 Å². The predicted molar refractivity (Wildman–Crippen MR) is 133 cm³/mol. The smallest absolute Gasteiger partial charge is 0.290 e. The fourth-order valence-electron chi connectivity index (χ4n) is 4.74. The highest BCUT2D eigenvalue weighted by Gasteiger charge is 2.42. The van der Waals surface area contributed by atoms with Crippen LogP contribution in [0.15, 0.2) is 39.5 Å². The third kappa shape index (κ3) is 4.17. The molecular weight excluding hydrogens is 430 g/mol. The number of unbranched alkanes of at least 4 members (excludes halogenated alkanes) is 1. The molecule has 0 bridgehead atoms. The van der Waals surface area contributed by atoms with E-state index < -0.39 is 6.04 Å². The zero-order chi connectivity index (χ0) is 24.4. The highest BCUT2D eigenvalue weighted by molar-refractivity contribution is 5.99. The molecule has 2 aromatic carbocycles. The lowest BCUT2D eigenvalue weighted by Gasteiger charge is -2.25. The van der Waals surface area contributed by atoms with Crippen molar-refractivity contribution in [3.05, 3.63) is 68.6 Å². The van der Waals surface area contributed by atoms with Gasteiger partial charge in [-0.25, -0.2) is 0 Å². The first-order chi connectivity index (χ1) is 16.4. The SMILES string of the molecule is CCCCOc1ccc(C2c3c(oc4cc(C)cc(C)c4c3=O)C(=O)N2CCC)cc1OCC. The van der Waals surface area contributed by atoms with Gasteiger partial charge in [0, 0.05) is 6.54 Å². The van der Waals surface area contributed by atoms with Crippen LogP contribution in [0.2, 0.25) is 0 Å². The molecule has 34 heavy (non-hydrogen) atoms. The fourth-order valence-corrected chi connectivity index (χ4v) is 4.74. The second kappa shape index (κ2) is 9.92. The van der Waals surface area contributed by atoms with Crippen LogP contribution in [0, 0.1) is 13.8 Å². The van der Waals surface area contributed by atoms with Crippen LogP contribution >= 0.6 is 0 Å². The number of carbonyl (C=O) groups is 1. The number of hydrogen-bond donors (Lipinski definition) is 0. The molecule has 2 heterocycles. The Hall–Kier alpha value is -3.28. The van der Waals surface area contributed by atoms with Crippen molar-refractivity contribution in [2.45, 2.75) is 59.9 Å². The van der Waals surface area contributed by atoms with Crippen molar-refractivity contribution < 1.29 is 18.7 Å². The van der Waals surface area contributed by atoms with Crippen molar-refractivity contribution >= 4 is 16.9 Å². The average molecular weight is 464 g/mol. The van der Waals surface area contributed by atoms with Crippen molar-refractivity contribution in [2.75, 3.05) is 19.8 Å². The van der Waals surface area contributed by atoms with Gasteiger partial charge in [-0.05, 0) is 68.5 Å². The summed E-state index contributed by atoms with van der Waals surface area (Å²) in [5, 5.41) is 0.532. The summed E-state index contributed by atoms with van der Waals surface area (Å²) in [6.07, 6.45) is 2.76. The normalized spacial score (nSPS) is 15.1. The van der Waals surface area contributed by atoms with E-state index in [-0.39, 0.29) is 17.1 Å². The predicted octanol–water partition coefficient (Wildman–Crippen LogP) is 5.94. The molecule has 4 rings (SSSR count). The molecular formula is C28H33NO5. The van der Waals surface area contributed by atoms with Gasteiger partial charge < -0.3 is 18.8 Å². The van der Waals surface area contributed by atoms with Gasteiger partial charge in [-0.2, -0.15) is 0 Å². The maximum absolute atomic E-state index is 13.8. The molecule has 6 heteroatoms. The Morgan fingerprint density at radius 1 is 0.971 bits per heavy atom. The molecule has 0 N–H and O–H groups in total. The van der Waals surface area contributed by atoms with Gasteiger partial charge in [0.15, 0.2) is 16.9 Å². The molecule has 1 atom stereocenters. The summed E-state index contributed by atoms with van der Waals surface area (Å²) in [6, 6.07) is 8.95. The van der Waals surface area contributed by atoms with E-state index in [0.717, 1.165) is 36.0 Å². The summed E-state index contributed by atoms with van der Waals surface area (Å²) >= 11 is 0. The molecule has 0 spiro atoms. The largest absolute Gasteiger partial charge is 0.490 e. The van der Waals surface area contributed by atoms with Crippen LogP contribution in [-0.4, -0.2) is 30.6 Å². The van der Waals surface area contributed by atoms with E-state index >= 15 is 0 Å². The lowest BCUT2D eigenvalue weighted by molar-refractivity contribution is 0.0728. The van der Waals surface area contributed by atoms with Gasteiger partial charge in [0.2, 0.25) is 5.76 Å². The summed E-state index contributed by atoms with van der Waals surface area (Å²) < 4.78 is 17.9. The van der Waals surface area contributed by atoms with E-state index in [1.165, 1.54) is 0 Å². The van der Waals surface area contributed by atoms with Crippen molar-refractivity contribution in [1.82, 2.24) is 4.90 Å². The molecule has 1 amide bonds. The van der Waals surface area contributed by atoms with Crippen molar-refractivity contribution in [3.8, 4) is 11.5 Å². The summed E-state index contributed by atoms with van der Waals surface area (Å²) in [5.74, 6) is 1.18. The van der Waals surface area contributed by atoms with Crippen LogP contribution in [0.4, 0.5) is 0 Å². The number of hydrogen-bond acceptors (Lipinski definition) is 5. The molecule has 1 aromatic heterocycles. The molecule has 0 radical (unpaired) electrons. The number of aryl methyl sites for hydroxylation is 2.